The van der Waals surface area contributed by atoms with E-state index >= 15 is 0 Å². The topological polar surface area (TPSA) is 132 Å². The van der Waals surface area contributed by atoms with E-state index < -0.39 is 6.16 Å². The number of hydrogen-bond acceptors (Lipinski definition) is 9. The highest BCUT2D eigenvalue weighted by Gasteiger charge is 2.19. The van der Waals surface area contributed by atoms with Gasteiger partial charge in [-0.1, -0.05) is 72.8 Å². The third-order valence-electron chi connectivity index (χ3n) is 11.5. The maximum Gasteiger partial charge on any atom is 0.519 e. The first kappa shape index (κ1) is 47.4. The van der Waals surface area contributed by atoms with Crippen LogP contribution in [-0.4, -0.2) is 52.6 Å². The van der Waals surface area contributed by atoms with Crippen molar-refractivity contribution in [1.82, 2.24) is 9.13 Å². The van der Waals surface area contributed by atoms with Crippen LogP contribution in [0.15, 0.2) is 182 Å². The molecule has 0 bridgehead atoms. The maximum atomic E-state index is 13.7. The molecule has 70 heavy (non-hydrogen) atoms. The molecular formula is C59H48N2O9. The second-order valence-corrected chi connectivity index (χ2v) is 16.4. The van der Waals surface area contributed by atoms with Crippen LogP contribution in [0, 0.1) is 13.8 Å². The Morgan fingerprint density at radius 2 is 0.757 bits per heavy atom. The van der Waals surface area contributed by atoms with Crippen molar-refractivity contribution in [2.24, 2.45) is 0 Å². The molecule has 0 saturated carbocycles. The van der Waals surface area contributed by atoms with Crippen molar-refractivity contribution in [1.29, 1.82) is 0 Å². The Hall–Kier alpha value is -9.09. The third-order valence-corrected chi connectivity index (χ3v) is 11.5. The van der Waals surface area contributed by atoms with Gasteiger partial charge in [-0.2, -0.15) is 0 Å². The van der Waals surface area contributed by atoms with Crippen LogP contribution < -0.4 is 18.9 Å². The SMILES string of the molecule is COc1ccc(C(=O)c2cc(C)cn2C/C=C/c2ccccc2C(=O)c2ccc(OC(=O)Oc3ccc(C(=O)c4ccccc4/C=C/Cn4cc(C)cc4C(=O)c4ccc(OC)cc4)cc3)cc2)cc1. The molecule has 0 spiro atoms. The number of allylic oxidation sites excluding steroid dienone is 2. The first-order valence-corrected chi connectivity index (χ1v) is 22.4. The van der Waals surface area contributed by atoms with E-state index in [1.807, 2.05) is 96.1 Å². The second-order valence-electron chi connectivity index (χ2n) is 16.4. The van der Waals surface area contributed by atoms with Gasteiger partial charge >= 0.3 is 6.16 Å². The third kappa shape index (κ3) is 11.2. The van der Waals surface area contributed by atoms with Gasteiger partial charge in [-0.25, -0.2) is 4.79 Å². The molecule has 0 unspecified atom stereocenters. The van der Waals surface area contributed by atoms with Crippen molar-refractivity contribution in [2.75, 3.05) is 14.2 Å². The Labute approximate surface area is 405 Å². The number of aromatic nitrogens is 2. The predicted molar refractivity (Wildman–Crippen MR) is 269 cm³/mol. The van der Waals surface area contributed by atoms with Crippen LogP contribution >= 0.6 is 0 Å². The van der Waals surface area contributed by atoms with E-state index in [9.17, 15) is 24.0 Å². The summed E-state index contributed by atoms with van der Waals surface area (Å²) >= 11 is 0. The molecule has 0 saturated heterocycles. The number of nitrogens with zero attached hydrogens (tertiary/aromatic N) is 2. The summed E-state index contributed by atoms with van der Waals surface area (Å²) in [6, 6.07) is 44.5. The fraction of sp³-hybridized carbons (Fsp3) is 0.102. The molecule has 0 aliphatic carbocycles. The fourth-order valence-electron chi connectivity index (χ4n) is 7.93. The molecular weight excluding hydrogens is 881 g/mol. The smallest absolute Gasteiger partial charge is 0.497 e. The van der Waals surface area contributed by atoms with Gasteiger partial charge in [0.25, 0.3) is 0 Å². The Morgan fingerprint density at radius 3 is 1.11 bits per heavy atom. The lowest BCUT2D eigenvalue weighted by atomic mass is 9.98. The Kier molecular flexibility index (Phi) is 14.7. The molecule has 0 aliphatic rings. The average Bonchev–Trinajstić information content (AvgIpc) is 3.96. The van der Waals surface area contributed by atoms with Gasteiger partial charge in [0.2, 0.25) is 11.6 Å². The monoisotopic (exact) mass is 928 g/mol. The van der Waals surface area contributed by atoms with E-state index in [0.717, 1.165) is 11.1 Å². The molecule has 11 heteroatoms. The number of hydrogen-bond donors (Lipinski definition) is 0. The van der Waals surface area contributed by atoms with Crippen LogP contribution in [0.5, 0.6) is 23.0 Å². The van der Waals surface area contributed by atoms with E-state index in [1.165, 1.54) is 24.3 Å². The van der Waals surface area contributed by atoms with E-state index in [1.54, 1.807) is 111 Å². The molecule has 348 valence electrons. The zero-order chi connectivity index (χ0) is 49.1. The van der Waals surface area contributed by atoms with Gasteiger partial charge in [0.15, 0.2) is 11.6 Å². The molecule has 11 nitrogen and oxygen atoms in total. The van der Waals surface area contributed by atoms with Gasteiger partial charge in [-0.3, -0.25) is 19.2 Å². The van der Waals surface area contributed by atoms with Crippen LogP contribution in [0.2, 0.25) is 0 Å². The molecule has 0 fully saturated rings. The molecule has 2 aromatic heterocycles. The zero-order valence-electron chi connectivity index (χ0n) is 39.0. The van der Waals surface area contributed by atoms with Crippen molar-refractivity contribution in [3.8, 4) is 23.0 Å². The van der Waals surface area contributed by atoms with Crippen molar-refractivity contribution < 1.29 is 42.9 Å². The first-order valence-electron chi connectivity index (χ1n) is 22.4. The Morgan fingerprint density at radius 1 is 0.429 bits per heavy atom. The molecule has 0 amide bonds. The summed E-state index contributed by atoms with van der Waals surface area (Å²) in [6.07, 6.45) is 10.4. The van der Waals surface area contributed by atoms with Crippen LogP contribution in [0.25, 0.3) is 12.2 Å². The minimum Gasteiger partial charge on any atom is -0.497 e. The summed E-state index contributed by atoms with van der Waals surface area (Å²) in [6.45, 7) is 4.68. The summed E-state index contributed by atoms with van der Waals surface area (Å²) in [7, 11) is 3.16. The highest BCUT2D eigenvalue weighted by atomic mass is 16.7. The number of benzene rings is 6. The van der Waals surface area contributed by atoms with E-state index in [4.69, 9.17) is 18.9 Å². The zero-order valence-corrected chi connectivity index (χ0v) is 39.0. The molecule has 8 rings (SSSR count). The quantitative estimate of drug-likeness (QED) is 0.0468. The summed E-state index contributed by atoms with van der Waals surface area (Å²) in [5, 5.41) is 0. The lowest BCUT2D eigenvalue weighted by Crippen LogP contribution is -2.14. The summed E-state index contributed by atoms with van der Waals surface area (Å²) in [5.41, 5.74) is 7.22. The van der Waals surface area contributed by atoms with Crippen molar-refractivity contribution >= 4 is 41.4 Å². The number of carbonyl (C=O) groups excluding carboxylic acids is 5. The highest BCUT2D eigenvalue weighted by Crippen LogP contribution is 2.24. The number of aryl methyl sites for hydroxylation is 2. The summed E-state index contributed by atoms with van der Waals surface area (Å²) in [4.78, 5) is 67.0. The molecule has 0 radical (unpaired) electrons. The summed E-state index contributed by atoms with van der Waals surface area (Å²) < 4.78 is 25.0. The Bertz CT molecular complexity index is 3050. The maximum absolute atomic E-state index is 13.7. The molecule has 8 aromatic rings. The van der Waals surface area contributed by atoms with Crippen LogP contribution in [-0.2, 0) is 13.1 Å². The largest absolute Gasteiger partial charge is 0.519 e. The van der Waals surface area contributed by atoms with Gasteiger partial charge in [0, 0.05) is 58.9 Å². The minimum absolute atomic E-state index is 0.107. The minimum atomic E-state index is -0.998. The van der Waals surface area contributed by atoms with Gasteiger partial charge in [0.05, 0.1) is 25.6 Å². The molecule has 2 heterocycles. The van der Waals surface area contributed by atoms with E-state index in [2.05, 4.69) is 0 Å². The lowest BCUT2D eigenvalue weighted by Gasteiger charge is -2.09. The normalized spacial score (nSPS) is 11.1. The van der Waals surface area contributed by atoms with Crippen molar-refractivity contribution in [3.63, 3.8) is 0 Å². The van der Waals surface area contributed by atoms with E-state index in [0.29, 0.717) is 80.5 Å². The van der Waals surface area contributed by atoms with Crippen LogP contribution in [0.4, 0.5) is 4.79 Å². The molecule has 0 aliphatic heterocycles. The van der Waals surface area contributed by atoms with Crippen molar-refractivity contribution in [3.05, 3.63) is 249 Å². The van der Waals surface area contributed by atoms with Crippen LogP contribution in [0.1, 0.15) is 86.2 Å². The number of carbonyl (C=O) groups is 5. The second kappa shape index (κ2) is 21.7. The number of ketones is 4. The Balaban J connectivity index is 0.856. The number of methoxy groups -OCH3 is 2. The first-order chi connectivity index (χ1) is 34.0. The summed E-state index contributed by atoms with van der Waals surface area (Å²) in [5.74, 6) is 1.00. The molecule has 0 atom stereocenters. The number of ether oxygens (including phenoxy) is 4. The molecule has 0 N–H and O–H groups in total. The lowest BCUT2D eigenvalue weighted by molar-refractivity contribution is 0.102. The fourth-order valence-corrected chi connectivity index (χ4v) is 7.93. The van der Waals surface area contributed by atoms with E-state index in [-0.39, 0.29) is 34.6 Å². The number of rotatable bonds is 18. The predicted octanol–water partition coefficient (Wildman–Crippen LogP) is 11.9. The average molecular weight is 929 g/mol. The van der Waals surface area contributed by atoms with Gasteiger partial charge in [-0.05, 0) is 145 Å². The van der Waals surface area contributed by atoms with Crippen LogP contribution in [0.3, 0.4) is 0 Å². The standard InChI is InChI=1S/C59H48N2O9/c1-39-35-53(57(64)45-17-25-47(67-3)26-18-45)60(37-39)33-9-13-41-11-5-7-15-51(41)55(62)43-21-29-49(30-22-43)69-59(66)70-50-31-23-44(24-32-50)56(63)52-16-8-6-12-42(52)14-10-34-61-38-40(2)36-54(61)58(65)46-19-27-48(68-4)28-20-46/h5-32,35-38H,33-34H2,1-4H3/b13-9+,14-10+. The molecule has 6 aromatic carbocycles. The highest BCUT2D eigenvalue weighted by molar-refractivity contribution is 6.12. The van der Waals surface area contributed by atoms with Crippen molar-refractivity contribution in [2.45, 2.75) is 26.9 Å². The van der Waals surface area contributed by atoms with Gasteiger partial charge in [0.1, 0.15) is 23.0 Å². The van der Waals surface area contributed by atoms with Gasteiger partial charge in [-0.15, -0.1) is 0 Å². The van der Waals surface area contributed by atoms with Gasteiger partial charge < -0.3 is 28.1 Å².